The molecule has 0 unspecified atom stereocenters. The summed E-state index contributed by atoms with van der Waals surface area (Å²) in [6.07, 6.45) is 4.09. The Morgan fingerprint density at radius 1 is 1.03 bits per heavy atom. The molecule has 1 fully saturated rings. The highest BCUT2D eigenvalue weighted by Crippen LogP contribution is 2.30. The quantitative estimate of drug-likeness (QED) is 0.365. The average molecular weight is 521 g/mol. The first-order chi connectivity index (χ1) is 17.3. The van der Waals surface area contributed by atoms with Gasteiger partial charge in [-0.15, -0.1) is 0 Å². The Bertz CT molecular complexity index is 1570. The molecule has 0 radical (unpaired) electrons. The number of aromatic nitrogens is 2. The molecule has 0 saturated carbocycles. The first-order valence-corrected chi connectivity index (χ1v) is 13.7. The van der Waals surface area contributed by atoms with Gasteiger partial charge in [-0.2, -0.15) is 0 Å². The van der Waals surface area contributed by atoms with Crippen LogP contribution in [0, 0.1) is 6.92 Å². The van der Waals surface area contributed by atoms with Crippen LogP contribution in [0.5, 0.6) is 0 Å². The molecule has 1 aliphatic heterocycles. The monoisotopic (exact) mass is 520 g/mol. The van der Waals surface area contributed by atoms with E-state index in [1.165, 1.54) is 4.31 Å². The van der Waals surface area contributed by atoms with Crippen LogP contribution in [0.4, 0.5) is 11.4 Å². The number of fused-ring (bicyclic) bond motifs is 1. The topological polar surface area (TPSA) is 92.3 Å². The fourth-order valence-electron chi connectivity index (χ4n) is 4.34. The third-order valence-corrected chi connectivity index (χ3v) is 8.49. The summed E-state index contributed by atoms with van der Waals surface area (Å²) < 4.78 is 26.6. The van der Waals surface area contributed by atoms with Crippen molar-refractivity contribution in [1.29, 1.82) is 0 Å². The zero-order valence-electron chi connectivity index (χ0n) is 19.7. The van der Waals surface area contributed by atoms with E-state index in [-0.39, 0.29) is 22.2 Å². The van der Waals surface area contributed by atoms with Crippen molar-refractivity contribution >= 4 is 49.8 Å². The number of para-hydroxylation sites is 1. The predicted molar refractivity (Wildman–Crippen MR) is 144 cm³/mol. The molecule has 3 aromatic carbocycles. The number of nitrogens with zero attached hydrogens (tertiary/aromatic N) is 3. The number of carbonyl (C=O) groups excluding carboxylic acids is 1. The van der Waals surface area contributed by atoms with Gasteiger partial charge in [-0.1, -0.05) is 42.3 Å². The van der Waals surface area contributed by atoms with Crippen LogP contribution >= 0.6 is 11.6 Å². The first kappa shape index (κ1) is 24.2. The van der Waals surface area contributed by atoms with Gasteiger partial charge < -0.3 is 5.32 Å². The van der Waals surface area contributed by atoms with E-state index < -0.39 is 10.0 Å². The molecular weight excluding hydrogens is 496 g/mol. The Morgan fingerprint density at radius 2 is 1.86 bits per heavy atom. The zero-order chi connectivity index (χ0) is 25.3. The van der Waals surface area contributed by atoms with E-state index in [9.17, 15) is 13.2 Å². The van der Waals surface area contributed by atoms with E-state index in [2.05, 4.69) is 15.3 Å². The van der Waals surface area contributed by atoms with Gasteiger partial charge in [0.05, 0.1) is 27.5 Å². The second-order valence-corrected chi connectivity index (χ2v) is 11.3. The summed E-state index contributed by atoms with van der Waals surface area (Å²) in [4.78, 5) is 22.2. The van der Waals surface area contributed by atoms with E-state index in [0.717, 1.165) is 34.9 Å². The second kappa shape index (κ2) is 9.87. The molecule has 7 nitrogen and oxygen atoms in total. The van der Waals surface area contributed by atoms with E-state index in [1.54, 1.807) is 24.4 Å². The molecule has 1 aromatic heterocycles. The summed E-state index contributed by atoms with van der Waals surface area (Å²) in [5, 5.41) is 4.03. The van der Waals surface area contributed by atoms with Gasteiger partial charge >= 0.3 is 0 Å². The van der Waals surface area contributed by atoms with Gasteiger partial charge in [-0.3, -0.25) is 9.10 Å². The fraction of sp³-hybridized carbons (Fsp3) is 0.222. The summed E-state index contributed by atoms with van der Waals surface area (Å²) in [7, 11) is -3.40. The molecule has 0 bridgehead atoms. The zero-order valence-corrected chi connectivity index (χ0v) is 21.3. The van der Waals surface area contributed by atoms with Crippen LogP contribution in [0.15, 0.2) is 66.9 Å². The molecule has 36 heavy (non-hydrogen) atoms. The molecule has 1 N–H and O–H groups in total. The average Bonchev–Trinajstić information content (AvgIpc) is 3.04. The van der Waals surface area contributed by atoms with Crippen LogP contribution in [0.25, 0.3) is 22.3 Å². The largest absolute Gasteiger partial charge is 0.322 e. The number of aryl methyl sites for hydroxylation is 1. The van der Waals surface area contributed by atoms with Crippen LogP contribution in [0.2, 0.25) is 5.02 Å². The number of benzene rings is 3. The van der Waals surface area contributed by atoms with Gasteiger partial charge in [-0.05, 0) is 61.7 Å². The minimum atomic E-state index is -3.40. The molecule has 1 saturated heterocycles. The number of amides is 1. The molecule has 0 atom stereocenters. The molecular formula is C27H25ClN4O3S. The number of hydrogen-bond donors (Lipinski definition) is 1. The van der Waals surface area contributed by atoms with Crippen molar-refractivity contribution in [1.82, 2.24) is 9.97 Å². The molecule has 0 spiro atoms. The summed E-state index contributed by atoms with van der Waals surface area (Å²) in [5.41, 5.74) is 3.94. The minimum Gasteiger partial charge on any atom is -0.322 e. The van der Waals surface area contributed by atoms with E-state index in [1.807, 2.05) is 49.4 Å². The van der Waals surface area contributed by atoms with Crippen molar-refractivity contribution in [3.63, 3.8) is 0 Å². The van der Waals surface area contributed by atoms with Crippen molar-refractivity contribution in [2.75, 3.05) is 21.9 Å². The summed E-state index contributed by atoms with van der Waals surface area (Å²) in [5.74, 6) is 0.298. The molecule has 2 heterocycles. The van der Waals surface area contributed by atoms with Crippen molar-refractivity contribution in [2.24, 2.45) is 0 Å². The van der Waals surface area contributed by atoms with Crippen LogP contribution in [-0.2, 0) is 10.0 Å². The van der Waals surface area contributed by atoms with E-state index >= 15 is 0 Å². The van der Waals surface area contributed by atoms with Gasteiger partial charge in [0.15, 0.2) is 5.82 Å². The number of carbonyl (C=O) groups is 1. The van der Waals surface area contributed by atoms with Gasteiger partial charge in [0.2, 0.25) is 10.0 Å². The third-order valence-electron chi connectivity index (χ3n) is 6.31. The Morgan fingerprint density at radius 3 is 2.69 bits per heavy atom. The SMILES string of the molecule is Cc1ccc(NC(=O)c2ccc(N3CCCCCS3(=O)=O)cc2Cl)cc1-c1ncc2ccccc2n1. The van der Waals surface area contributed by atoms with Gasteiger partial charge in [0.1, 0.15) is 0 Å². The highest BCUT2D eigenvalue weighted by atomic mass is 35.5. The molecule has 4 aromatic rings. The number of halogens is 1. The van der Waals surface area contributed by atoms with E-state index in [4.69, 9.17) is 11.6 Å². The number of hydrogen-bond acceptors (Lipinski definition) is 5. The maximum absolute atomic E-state index is 13.1. The molecule has 1 aliphatic rings. The molecule has 0 aliphatic carbocycles. The Labute approximate surface area is 215 Å². The minimum absolute atomic E-state index is 0.115. The molecule has 184 valence electrons. The second-order valence-electron chi connectivity index (χ2n) is 8.85. The lowest BCUT2D eigenvalue weighted by Gasteiger charge is -2.22. The maximum Gasteiger partial charge on any atom is 0.257 e. The van der Waals surface area contributed by atoms with Crippen LogP contribution in [0.1, 0.15) is 35.2 Å². The molecule has 5 rings (SSSR count). The Balaban J connectivity index is 1.39. The standard InChI is InChI=1S/C27H25ClN4O3S/c1-18-9-10-20(15-23(18)26-29-17-19-7-3-4-8-25(19)31-26)30-27(33)22-12-11-21(16-24(22)28)32-13-5-2-6-14-36(32,34)35/h3-4,7-12,15-17H,2,5-6,13-14H2,1H3,(H,30,33). The third kappa shape index (κ3) is 4.92. The highest BCUT2D eigenvalue weighted by Gasteiger charge is 2.25. The number of sulfonamides is 1. The normalized spacial score (nSPS) is 15.4. The fourth-order valence-corrected chi connectivity index (χ4v) is 6.23. The summed E-state index contributed by atoms with van der Waals surface area (Å²) >= 11 is 6.45. The van der Waals surface area contributed by atoms with Crippen molar-refractivity contribution < 1.29 is 13.2 Å². The van der Waals surface area contributed by atoms with Gasteiger partial charge in [-0.25, -0.2) is 18.4 Å². The lowest BCUT2D eigenvalue weighted by Crippen LogP contribution is -2.32. The molecule has 1 amide bonds. The van der Waals surface area contributed by atoms with E-state index in [0.29, 0.717) is 30.2 Å². The van der Waals surface area contributed by atoms with Crippen LogP contribution in [0.3, 0.4) is 0 Å². The smallest absolute Gasteiger partial charge is 0.257 e. The Hall–Kier alpha value is -3.49. The van der Waals surface area contributed by atoms with Gasteiger partial charge in [0, 0.05) is 29.4 Å². The summed E-state index contributed by atoms with van der Waals surface area (Å²) in [6.45, 7) is 2.37. The summed E-state index contributed by atoms with van der Waals surface area (Å²) in [6, 6.07) is 18.1. The Kier molecular flexibility index (Phi) is 6.64. The van der Waals surface area contributed by atoms with Gasteiger partial charge in [0.25, 0.3) is 5.91 Å². The predicted octanol–water partition coefficient (Wildman–Crippen LogP) is 5.83. The lowest BCUT2D eigenvalue weighted by molar-refractivity contribution is 0.102. The first-order valence-electron chi connectivity index (χ1n) is 11.8. The molecule has 9 heteroatoms. The van der Waals surface area contributed by atoms with Crippen LogP contribution < -0.4 is 9.62 Å². The number of nitrogens with one attached hydrogen (secondary N) is 1. The van der Waals surface area contributed by atoms with Crippen molar-refractivity contribution in [2.45, 2.75) is 26.2 Å². The van der Waals surface area contributed by atoms with Crippen LogP contribution in [-0.4, -0.2) is 36.6 Å². The number of anilines is 2. The van der Waals surface area contributed by atoms with Crippen molar-refractivity contribution in [3.05, 3.63) is 83.0 Å². The number of rotatable bonds is 4. The maximum atomic E-state index is 13.1. The highest BCUT2D eigenvalue weighted by molar-refractivity contribution is 7.92. The van der Waals surface area contributed by atoms with Crippen molar-refractivity contribution in [3.8, 4) is 11.4 Å². The lowest BCUT2D eigenvalue weighted by atomic mass is 10.1.